The van der Waals surface area contributed by atoms with Crippen LogP contribution in [0.3, 0.4) is 0 Å². The summed E-state index contributed by atoms with van der Waals surface area (Å²) in [6, 6.07) is 9.51. The fraction of sp³-hybridized carbons (Fsp3) is 0.176. The van der Waals surface area contributed by atoms with Crippen molar-refractivity contribution in [3.05, 3.63) is 52.5 Å². The maximum atomic E-state index is 9.47. The number of benzene rings is 1. The Morgan fingerprint density at radius 3 is 2.83 bits per heavy atom. The maximum absolute atomic E-state index is 9.47. The summed E-state index contributed by atoms with van der Waals surface area (Å²) in [6.07, 6.45) is 5.18. The summed E-state index contributed by atoms with van der Waals surface area (Å²) in [7, 11) is 0. The molecule has 1 aromatic heterocycles. The number of rotatable bonds is 3. The lowest BCUT2D eigenvalue weighted by Gasteiger charge is -2.23. The summed E-state index contributed by atoms with van der Waals surface area (Å²) in [6.45, 7) is 2.08. The molecule has 0 bridgehead atoms. The molecule has 2 heterocycles. The number of terminal acetylenes is 1. The van der Waals surface area contributed by atoms with Gasteiger partial charge in [0.05, 0.1) is 5.92 Å². The molecule has 0 unspecified atom stereocenters. The van der Waals surface area contributed by atoms with Gasteiger partial charge in [-0.05, 0) is 24.6 Å². The Labute approximate surface area is 133 Å². The van der Waals surface area contributed by atoms with Gasteiger partial charge < -0.3 is 15.2 Å². The molecule has 0 amide bonds. The molecule has 1 aromatic carbocycles. The molecule has 0 fully saturated rings. The molecule has 0 radical (unpaired) electrons. The highest BCUT2D eigenvalue weighted by atomic mass is 16.5. The van der Waals surface area contributed by atoms with E-state index in [9.17, 15) is 5.26 Å². The number of nitrogens with zero attached hydrogens (tertiary/aromatic N) is 2. The third-order valence-electron chi connectivity index (χ3n) is 3.67. The molecule has 114 valence electrons. The summed E-state index contributed by atoms with van der Waals surface area (Å²) < 4.78 is 10.8. The minimum atomic E-state index is -0.329. The standard InChI is InChI=1S/C17H14N4O2/c1-3-8-22-12-6-4-11(5-7-12)15-13(9-18)16(19)23-17-14(15)10(2)20-21-17/h1,4-7,15H,8,19H2,2H3,(H,20,21)/t15-/m0/s1. The molecule has 6 nitrogen and oxygen atoms in total. The molecule has 3 N–H and O–H groups in total. The Morgan fingerprint density at radius 1 is 1.43 bits per heavy atom. The minimum absolute atomic E-state index is 0.0733. The molecule has 1 atom stereocenters. The summed E-state index contributed by atoms with van der Waals surface area (Å²) in [5, 5.41) is 16.4. The first-order valence-electron chi connectivity index (χ1n) is 6.94. The third kappa shape index (κ3) is 2.47. The van der Waals surface area contributed by atoms with Gasteiger partial charge in [-0.3, -0.25) is 5.10 Å². The number of allylic oxidation sites excluding steroid dienone is 1. The van der Waals surface area contributed by atoms with Crippen LogP contribution in [0.15, 0.2) is 35.7 Å². The number of fused-ring (bicyclic) bond motifs is 1. The van der Waals surface area contributed by atoms with Crippen LogP contribution in [0.25, 0.3) is 0 Å². The van der Waals surface area contributed by atoms with Crippen molar-refractivity contribution in [1.82, 2.24) is 10.2 Å². The van der Waals surface area contributed by atoms with Gasteiger partial charge in [-0.15, -0.1) is 11.5 Å². The lowest BCUT2D eigenvalue weighted by Crippen LogP contribution is -2.21. The fourth-order valence-electron chi connectivity index (χ4n) is 2.61. The molecule has 2 aromatic rings. The summed E-state index contributed by atoms with van der Waals surface area (Å²) in [5.41, 5.74) is 8.77. The number of aromatic nitrogens is 2. The maximum Gasteiger partial charge on any atom is 0.244 e. The van der Waals surface area contributed by atoms with E-state index in [2.05, 4.69) is 22.2 Å². The molecule has 0 aliphatic carbocycles. The average molecular weight is 306 g/mol. The summed E-state index contributed by atoms with van der Waals surface area (Å²) in [4.78, 5) is 0. The number of nitrogens with one attached hydrogen (secondary N) is 1. The number of aromatic amines is 1. The normalized spacial score (nSPS) is 16.0. The predicted octanol–water partition coefficient (Wildman–Crippen LogP) is 1.95. The Bertz CT molecular complexity index is 850. The van der Waals surface area contributed by atoms with E-state index in [1.807, 2.05) is 31.2 Å². The van der Waals surface area contributed by atoms with Gasteiger partial charge in [0.15, 0.2) is 0 Å². The summed E-state index contributed by atoms with van der Waals surface area (Å²) in [5.74, 6) is 3.22. The van der Waals surface area contributed by atoms with Crippen molar-refractivity contribution in [2.75, 3.05) is 6.61 Å². The highest BCUT2D eigenvalue weighted by Gasteiger charge is 2.34. The average Bonchev–Trinajstić information content (AvgIpc) is 2.93. The minimum Gasteiger partial charge on any atom is -0.481 e. The highest BCUT2D eigenvalue weighted by molar-refractivity contribution is 5.55. The number of hydrogen-bond donors (Lipinski definition) is 2. The monoisotopic (exact) mass is 306 g/mol. The lowest BCUT2D eigenvalue weighted by molar-refractivity contribution is 0.370. The van der Waals surface area contributed by atoms with E-state index in [0.717, 1.165) is 16.8 Å². The first-order valence-corrected chi connectivity index (χ1v) is 6.94. The molecule has 23 heavy (non-hydrogen) atoms. The van der Waals surface area contributed by atoms with Crippen LogP contribution in [0.5, 0.6) is 11.6 Å². The predicted molar refractivity (Wildman–Crippen MR) is 83.4 cm³/mol. The molecule has 0 spiro atoms. The number of aryl methyl sites for hydroxylation is 1. The van der Waals surface area contributed by atoms with Gasteiger partial charge >= 0.3 is 0 Å². The highest BCUT2D eigenvalue weighted by Crippen LogP contribution is 2.42. The number of ether oxygens (including phenoxy) is 2. The van der Waals surface area contributed by atoms with Crippen molar-refractivity contribution in [2.24, 2.45) is 5.73 Å². The van der Waals surface area contributed by atoms with Gasteiger partial charge in [0.2, 0.25) is 11.8 Å². The zero-order chi connectivity index (χ0) is 16.4. The summed E-state index contributed by atoms with van der Waals surface area (Å²) >= 11 is 0. The van der Waals surface area contributed by atoms with Crippen molar-refractivity contribution in [2.45, 2.75) is 12.8 Å². The van der Waals surface area contributed by atoms with E-state index in [0.29, 0.717) is 17.2 Å². The largest absolute Gasteiger partial charge is 0.481 e. The van der Waals surface area contributed by atoms with Crippen molar-refractivity contribution >= 4 is 0 Å². The first-order chi connectivity index (χ1) is 11.2. The second-order valence-corrected chi connectivity index (χ2v) is 5.05. The van der Waals surface area contributed by atoms with E-state index in [1.165, 1.54) is 0 Å². The Balaban J connectivity index is 2.05. The van der Waals surface area contributed by atoms with Crippen LogP contribution in [-0.4, -0.2) is 16.8 Å². The SMILES string of the molecule is C#CCOc1ccc([C@H]2C(C#N)=C(N)Oc3n[nH]c(C)c32)cc1. The van der Waals surface area contributed by atoms with Crippen molar-refractivity contribution in [3.63, 3.8) is 0 Å². The van der Waals surface area contributed by atoms with E-state index in [1.54, 1.807) is 0 Å². The van der Waals surface area contributed by atoms with Gasteiger partial charge in [-0.2, -0.15) is 5.26 Å². The van der Waals surface area contributed by atoms with Gasteiger partial charge in [-0.25, -0.2) is 0 Å². The fourth-order valence-corrected chi connectivity index (χ4v) is 2.61. The first kappa shape index (κ1) is 14.6. The quantitative estimate of drug-likeness (QED) is 0.845. The van der Waals surface area contributed by atoms with Crippen LogP contribution in [-0.2, 0) is 0 Å². The molecule has 1 aliphatic heterocycles. The second kappa shape index (κ2) is 5.78. The number of hydrogen-bond acceptors (Lipinski definition) is 5. The van der Waals surface area contributed by atoms with E-state index >= 15 is 0 Å². The molecule has 1 aliphatic rings. The topological polar surface area (TPSA) is 96.9 Å². The van der Waals surface area contributed by atoms with Gasteiger partial charge in [-0.1, -0.05) is 18.1 Å². The van der Waals surface area contributed by atoms with Crippen LogP contribution in [0.1, 0.15) is 22.7 Å². The number of H-pyrrole nitrogens is 1. The van der Waals surface area contributed by atoms with Crippen LogP contribution < -0.4 is 15.2 Å². The van der Waals surface area contributed by atoms with Crippen molar-refractivity contribution in [3.8, 4) is 30.0 Å². The molecular formula is C17H14N4O2. The van der Waals surface area contributed by atoms with Gasteiger partial charge in [0.25, 0.3) is 0 Å². The zero-order valence-corrected chi connectivity index (χ0v) is 12.5. The van der Waals surface area contributed by atoms with E-state index in [4.69, 9.17) is 21.6 Å². The van der Waals surface area contributed by atoms with E-state index < -0.39 is 0 Å². The Hall–Kier alpha value is -3.38. The second-order valence-electron chi connectivity index (χ2n) is 5.05. The molecule has 0 saturated heterocycles. The smallest absolute Gasteiger partial charge is 0.244 e. The Morgan fingerprint density at radius 2 is 2.17 bits per heavy atom. The van der Waals surface area contributed by atoms with Crippen LogP contribution in [0.4, 0.5) is 0 Å². The van der Waals surface area contributed by atoms with Gasteiger partial charge in [0, 0.05) is 11.3 Å². The number of nitrogens with two attached hydrogens (primary N) is 1. The zero-order valence-electron chi connectivity index (χ0n) is 12.5. The van der Waals surface area contributed by atoms with Gasteiger partial charge in [0.1, 0.15) is 24.0 Å². The third-order valence-corrected chi connectivity index (χ3v) is 3.67. The van der Waals surface area contributed by atoms with Crippen molar-refractivity contribution in [1.29, 1.82) is 5.26 Å². The lowest BCUT2D eigenvalue weighted by atomic mass is 9.84. The van der Waals surface area contributed by atoms with Crippen molar-refractivity contribution < 1.29 is 9.47 Å². The molecular weight excluding hydrogens is 292 g/mol. The molecule has 6 heteroatoms. The van der Waals surface area contributed by atoms with Crippen LogP contribution in [0, 0.1) is 30.6 Å². The van der Waals surface area contributed by atoms with Crippen LogP contribution >= 0.6 is 0 Å². The number of nitriles is 1. The van der Waals surface area contributed by atoms with Crippen LogP contribution in [0.2, 0.25) is 0 Å². The Kier molecular flexibility index (Phi) is 3.66. The molecule has 3 rings (SSSR count). The molecule has 0 saturated carbocycles. The van der Waals surface area contributed by atoms with E-state index in [-0.39, 0.29) is 18.4 Å².